The largest absolute Gasteiger partial charge is 0.350 e. The van der Waals surface area contributed by atoms with Gasteiger partial charge in [0.25, 0.3) is 5.91 Å². The van der Waals surface area contributed by atoms with Crippen molar-refractivity contribution >= 4 is 23.7 Å². The van der Waals surface area contributed by atoms with Crippen molar-refractivity contribution in [2.45, 2.75) is 0 Å². The Balaban J connectivity index is 2.86. The van der Waals surface area contributed by atoms with Crippen LogP contribution in [0.3, 0.4) is 0 Å². The molecule has 0 saturated heterocycles. The molecule has 0 radical (unpaired) electrons. The molecule has 68 valence electrons. The molecule has 0 unspecified atom stereocenters. The molecule has 1 rings (SSSR count). The summed E-state index contributed by atoms with van der Waals surface area (Å²) in [5.74, 6) is -0.630. The molecule has 0 bridgehead atoms. The van der Waals surface area contributed by atoms with Crippen LogP contribution in [-0.2, 0) is 0 Å². The van der Waals surface area contributed by atoms with E-state index in [2.05, 4.69) is 0 Å². The van der Waals surface area contributed by atoms with Gasteiger partial charge in [0.15, 0.2) is 0 Å². The van der Waals surface area contributed by atoms with Gasteiger partial charge in [-0.05, 0) is 12.1 Å². The second-order valence-electron chi connectivity index (χ2n) is 2.29. The lowest BCUT2D eigenvalue weighted by Gasteiger charge is -2.07. The van der Waals surface area contributed by atoms with Crippen LogP contribution in [0.2, 0.25) is 0 Å². The van der Waals surface area contributed by atoms with Crippen LogP contribution in [0.5, 0.6) is 0 Å². The molecule has 5 heteroatoms. The normalized spacial score (nSPS) is 9.31. The van der Waals surface area contributed by atoms with Crippen LogP contribution in [0.1, 0.15) is 10.4 Å². The summed E-state index contributed by atoms with van der Waals surface area (Å²) in [4.78, 5) is 21.8. The monoisotopic (exact) mass is 198 g/mol. The zero-order chi connectivity index (χ0) is 9.84. The van der Waals surface area contributed by atoms with Crippen molar-refractivity contribution < 1.29 is 9.59 Å². The Bertz CT molecular complexity index is 326. The number of nitrogens with two attached hydrogens (primary N) is 1. The number of amides is 3. The highest BCUT2D eigenvalue weighted by Gasteiger charge is 2.17. The zero-order valence-corrected chi connectivity index (χ0v) is 7.36. The first-order chi connectivity index (χ1) is 6.13. The summed E-state index contributed by atoms with van der Waals surface area (Å²) in [6.45, 7) is 0. The van der Waals surface area contributed by atoms with Gasteiger partial charge >= 0.3 is 6.03 Å². The van der Waals surface area contributed by atoms with Crippen LogP contribution < -0.4 is 5.73 Å². The predicted octanol–water partition coefficient (Wildman–Crippen LogP) is 1.36. The Hall–Kier alpha value is -1.55. The summed E-state index contributed by atoms with van der Waals surface area (Å²) >= 11 is 5.31. The molecule has 0 aliphatic heterocycles. The van der Waals surface area contributed by atoms with Crippen LogP contribution in [0, 0.1) is 0 Å². The molecule has 1 aromatic rings. The summed E-state index contributed by atoms with van der Waals surface area (Å²) in [7, 11) is 0. The van der Waals surface area contributed by atoms with Crippen molar-refractivity contribution in [2.75, 3.05) is 0 Å². The predicted molar refractivity (Wildman–Crippen MR) is 48.0 cm³/mol. The lowest BCUT2D eigenvalue weighted by molar-refractivity contribution is 0.0891. The molecule has 3 amide bonds. The topological polar surface area (TPSA) is 63.4 Å². The van der Waals surface area contributed by atoms with Crippen molar-refractivity contribution in [3.05, 3.63) is 35.9 Å². The summed E-state index contributed by atoms with van der Waals surface area (Å²) in [5.41, 5.74) is 5.12. The van der Waals surface area contributed by atoms with Crippen LogP contribution in [-0.4, -0.2) is 16.4 Å². The standard InChI is InChI=1S/C8H7ClN2O2/c9-11(8(10)13)7(12)6-4-2-1-3-5-6/h1-5H,(H2,10,13). The second kappa shape index (κ2) is 3.91. The van der Waals surface area contributed by atoms with Gasteiger partial charge in [-0.2, -0.15) is 4.42 Å². The Morgan fingerprint density at radius 1 is 1.23 bits per heavy atom. The maximum absolute atomic E-state index is 11.3. The minimum atomic E-state index is -0.990. The van der Waals surface area contributed by atoms with Crippen molar-refractivity contribution in [2.24, 2.45) is 5.73 Å². The molecule has 0 aromatic heterocycles. The van der Waals surface area contributed by atoms with Crippen LogP contribution >= 0.6 is 11.8 Å². The van der Waals surface area contributed by atoms with E-state index < -0.39 is 11.9 Å². The van der Waals surface area contributed by atoms with E-state index in [4.69, 9.17) is 17.5 Å². The van der Waals surface area contributed by atoms with Crippen molar-refractivity contribution in [3.63, 3.8) is 0 Å². The van der Waals surface area contributed by atoms with Gasteiger partial charge in [0, 0.05) is 17.3 Å². The smallest absolute Gasteiger partial charge is 0.336 e. The quantitative estimate of drug-likeness (QED) is 0.693. The number of hydrogen-bond donors (Lipinski definition) is 1. The maximum Gasteiger partial charge on any atom is 0.336 e. The molecule has 0 heterocycles. The molecular weight excluding hydrogens is 192 g/mol. The first-order valence-corrected chi connectivity index (χ1v) is 3.81. The van der Waals surface area contributed by atoms with Gasteiger partial charge in [-0.15, -0.1) is 0 Å². The van der Waals surface area contributed by atoms with Crippen molar-refractivity contribution in [1.29, 1.82) is 0 Å². The van der Waals surface area contributed by atoms with Crippen LogP contribution in [0.25, 0.3) is 0 Å². The average molecular weight is 199 g/mol. The number of rotatable bonds is 1. The lowest BCUT2D eigenvalue weighted by atomic mass is 10.2. The molecule has 0 fully saturated rings. The number of imide groups is 1. The molecule has 4 nitrogen and oxygen atoms in total. The number of nitrogens with zero attached hydrogens (tertiary/aromatic N) is 1. The first-order valence-electron chi connectivity index (χ1n) is 3.47. The SMILES string of the molecule is NC(=O)N(Cl)C(=O)c1ccccc1. The summed E-state index contributed by atoms with van der Waals surface area (Å²) < 4.78 is 0.343. The number of benzene rings is 1. The van der Waals surface area contributed by atoms with E-state index in [1.165, 1.54) is 0 Å². The molecule has 13 heavy (non-hydrogen) atoms. The van der Waals surface area contributed by atoms with Crippen LogP contribution in [0.4, 0.5) is 4.79 Å². The minimum absolute atomic E-state index is 0.316. The highest BCUT2D eigenvalue weighted by atomic mass is 35.5. The average Bonchev–Trinajstić information content (AvgIpc) is 2.17. The molecule has 0 aliphatic rings. The highest BCUT2D eigenvalue weighted by molar-refractivity contribution is 6.32. The van der Waals surface area contributed by atoms with E-state index >= 15 is 0 Å². The minimum Gasteiger partial charge on any atom is -0.350 e. The number of carbonyl (C=O) groups excluding carboxylic acids is 2. The fourth-order valence-electron chi connectivity index (χ4n) is 0.794. The van der Waals surface area contributed by atoms with Gasteiger partial charge in [0.1, 0.15) is 0 Å². The number of urea groups is 1. The third kappa shape index (κ3) is 2.19. The van der Waals surface area contributed by atoms with Crippen molar-refractivity contribution in [3.8, 4) is 0 Å². The summed E-state index contributed by atoms with van der Waals surface area (Å²) in [5, 5.41) is 0. The molecule has 0 saturated carbocycles. The second-order valence-corrected chi connectivity index (χ2v) is 2.63. The van der Waals surface area contributed by atoms with Crippen molar-refractivity contribution in [1.82, 2.24) is 4.42 Å². The van der Waals surface area contributed by atoms with Gasteiger partial charge < -0.3 is 5.73 Å². The Labute approximate surface area is 80.0 Å². The van der Waals surface area contributed by atoms with E-state index in [1.54, 1.807) is 30.3 Å². The summed E-state index contributed by atoms with van der Waals surface area (Å²) in [6, 6.07) is 7.18. The number of halogens is 1. The van der Waals surface area contributed by atoms with E-state index in [1.807, 2.05) is 0 Å². The number of hydrogen-bond acceptors (Lipinski definition) is 2. The Kier molecular flexibility index (Phi) is 2.87. The van der Waals surface area contributed by atoms with Gasteiger partial charge in [-0.3, -0.25) is 4.79 Å². The fraction of sp³-hybridized carbons (Fsp3) is 0. The van der Waals surface area contributed by atoms with E-state index in [0.717, 1.165) is 0 Å². The molecule has 1 aromatic carbocycles. The molecule has 2 N–H and O–H groups in total. The van der Waals surface area contributed by atoms with Crippen LogP contribution in [0.15, 0.2) is 30.3 Å². The van der Waals surface area contributed by atoms with E-state index in [9.17, 15) is 9.59 Å². The molecule has 0 spiro atoms. The van der Waals surface area contributed by atoms with Gasteiger partial charge in [-0.1, -0.05) is 18.2 Å². The highest BCUT2D eigenvalue weighted by Crippen LogP contribution is 2.06. The lowest BCUT2D eigenvalue weighted by Crippen LogP contribution is -2.32. The zero-order valence-electron chi connectivity index (χ0n) is 6.61. The van der Waals surface area contributed by atoms with E-state index in [-0.39, 0.29) is 0 Å². The third-order valence-corrected chi connectivity index (χ3v) is 1.71. The van der Waals surface area contributed by atoms with Gasteiger partial charge in [0.2, 0.25) is 0 Å². The third-order valence-electron chi connectivity index (χ3n) is 1.39. The maximum atomic E-state index is 11.3. The summed E-state index contributed by atoms with van der Waals surface area (Å²) in [6.07, 6.45) is 0. The molecule has 0 aliphatic carbocycles. The molecular formula is C8H7ClN2O2. The van der Waals surface area contributed by atoms with Gasteiger partial charge in [0.05, 0.1) is 0 Å². The van der Waals surface area contributed by atoms with E-state index in [0.29, 0.717) is 9.98 Å². The van der Waals surface area contributed by atoms with Gasteiger partial charge in [-0.25, -0.2) is 4.79 Å². The first kappa shape index (κ1) is 9.54. The number of primary amides is 1. The number of carbonyl (C=O) groups is 2. The Morgan fingerprint density at radius 2 is 1.77 bits per heavy atom. The Morgan fingerprint density at radius 3 is 2.23 bits per heavy atom. The fourth-order valence-corrected chi connectivity index (χ4v) is 0.892. The molecule has 0 atom stereocenters.